The first kappa shape index (κ1) is 13.7. The van der Waals surface area contributed by atoms with Crippen LogP contribution in [0.4, 0.5) is 0 Å². The fourth-order valence-electron chi connectivity index (χ4n) is 2.02. The van der Waals surface area contributed by atoms with E-state index >= 15 is 0 Å². The molecule has 1 N–H and O–H groups in total. The van der Waals surface area contributed by atoms with Crippen molar-refractivity contribution >= 4 is 0 Å². The summed E-state index contributed by atoms with van der Waals surface area (Å²) in [6, 6.07) is 1.16. The number of hydrogen-bond acceptors (Lipinski definition) is 3. The van der Waals surface area contributed by atoms with Crippen LogP contribution in [0.3, 0.4) is 0 Å². The largest absolute Gasteiger partial charge is 0.379 e. The molecule has 1 aliphatic heterocycles. The van der Waals surface area contributed by atoms with Gasteiger partial charge in [-0.15, -0.1) is 6.58 Å². The van der Waals surface area contributed by atoms with Crippen LogP contribution in [-0.4, -0.2) is 49.8 Å². The molecule has 2 atom stereocenters. The number of rotatable bonds is 7. The van der Waals surface area contributed by atoms with E-state index in [0.29, 0.717) is 12.1 Å². The maximum atomic E-state index is 5.42. The third-order valence-electron chi connectivity index (χ3n) is 3.20. The molecule has 0 aliphatic carbocycles. The smallest absolute Gasteiger partial charge is 0.0619 e. The zero-order valence-corrected chi connectivity index (χ0v) is 10.7. The van der Waals surface area contributed by atoms with Gasteiger partial charge in [0.05, 0.1) is 13.2 Å². The van der Waals surface area contributed by atoms with Crippen LogP contribution in [0, 0.1) is 0 Å². The summed E-state index contributed by atoms with van der Waals surface area (Å²) in [4.78, 5) is 2.50. The SMILES string of the molecule is C=CCCC(C)NCCN1CCOCC1C. The van der Waals surface area contributed by atoms with Gasteiger partial charge in [0, 0.05) is 31.7 Å². The lowest BCUT2D eigenvalue weighted by Gasteiger charge is -2.33. The molecule has 1 heterocycles. The fraction of sp³-hybridized carbons (Fsp3) is 0.846. The molecule has 1 fully saturated rings. The molecular formula is C13H26N2O. The van der Waals surface area contributed by atoms with Gasteiger partial charge in [-0.1, -0.05) is 6.08 Å². The number of nitrogens with one attached hydrogen (secondary N) is 1. The molecule has 16 heavy (non-hydrogen) atoms. The molecule has 94 valence electrons. The van der Waals surface area contributed by atoms with Crippen molar-refractivity contribution in [3.05, 3.63) is 12.7 Å². The summed E-state index contributed by atoms with van der Waals surface area (Å²) in [6.07, 6.45) is 4.27. The van der Waals surface area contributed by atoms with Crippen LogP contribution in [0.15, 0.2) is 12.7 Å². The summed E-state index contributed by atoms with van der Waals surface area (Å²) in [6.45, 7) is 13.3. The van der Waals surface area contributed by atoms with Gasteiger partial charge < -0.3 is 10.1 Å². The molecule has 0 aromatic heterocycles. The van der Waals surface area contributed by atoms with E-state index in [1.165, 1.54) is 6.42 Å². The quantitative estimate of drug-likeness (QED) is 0.668. The maximum Gasteiger partial charge on any atom is 0.0619 e. The highest BCUT2D eigenvalue weighted by Gasteiger charge is 2.17. The Balaban J connectivity index is 2.07. The minimum Gasteiger partial charge on any atom is -0.379 e. The average molecular weight is 226 g/mol. The number of hydrogen-bond donors (Lipinski definition) is 1. The number of ether oxygens (including phenoxy) is 1. The third kappa shape index (κ3) is 5.10. The minimum atomic E-state index is 0.569. The average Bonchev–Trinajstić information content (AvgIpc) is 2.29. The molecule has 1 aliphatic rings. The van der Waals surface area contributed by atoms with Gasteiger partial charge in [0.2, 0.25) is 0 Å². The van der Waals surface area contributed by atoms with Crippen molar-refractivity contribution in [2.45, 2.75) is 38.8 Å². The number of morpholine rings is 1. The van der Waals surface area contributed by atoms with Crippen molar-refractivity contribution in [2.24, 2.45) is 0 Å². The van der Waals surface area contributed by atoms with Gasteiger partial charge in [-0.3, -0.25) is 4.90 Å². The monoisotopic (exact) mass is 226 g/mol. The first-order valence-corrected chi connectivity index (χ1v) is 6.40. The van der Waals surface area contributed by atoms with E-state index in [1.807, 2.05) is 6.08 Å². The maximum absolute atomic E-state index is 5.42. The normalized spacial score (nSPS) is 24.2. The molecule has 3 heteroatoms. The summed E-state index contributed by atoms with van der Waals surface area (Å²) in [7, 11) is 0. The van der Waals surface area contributed by atoms with E-state index in [0.717, 1.165) is 39.3 Å². The van der Waals surface area contributed by atoms with Crippen LogP contribution in [-0.2, 0) is 4.74 Å². The van der Waals surface area contributed by atoms with Crippen LogP contribution >= 0.6 is 0 Å². The van der Waals surface area contributed by atoms with E-state index in [1.54, 1.807) is 0 Å². The van der Waals surface area contributed by atoms with E-state index in [4.69, 9.17) is 4.74 Å². The molecule has 3 nitrogen and oxygen atoms in total. The van der Waals surface area contributed by atoms with Crippen molar-refractivity contribution < 1.29 is 4.74 Å². The van der Waals surface area contributed by atoms with Crippen LogP contribution < -0.4 is 5.32 Å². The van der Waals surface area contributed by atoms with E-state index in [2.05, 4.69) is 30.6 Å². The van der Waals surface area contributed by atoms with Gasteiger partial charge >= 0.3 is 0 Å². The molecule has 0 aromatic rings. The molecule has 1 rings (SSSR count). The van der Waals surface area contributed by atoms with Gasteiger partial charge in [-0.25, -0.2) is 0 Å². The molecule has 0 spiro atoms. The van der Waals surface area contributed by atoms with E-state index < -0.39 is 0 Å². The highest BCUT2D eigenvalue weighted by atomic mass is 16.5. The molecule has 0 aromatic carbocycles. The molecule has 0 radical (unpaired) electrons. The summed E-state index contributed by atoms with van der Waals surface area (Å²) in [5.41, 5.74) is 0. The minimum absolute atomic E-state index is 0.569. The fourth-order valence-corrected chi connectivity index (χ4v) is 2.02. The second kappa shape index (κ2) is 7.82. The van der Waals surface area contributed by atoms with Gasteiger partial charge in [0.15, 0.2) is 0 Å². The Morgan fingerprint density at radius 3 is 3.12 bits per heavy atom. The summed E-state index contributed by atoms with van der Waals surface area (Å²) < 4.78 is 5.42. The lowest BCUT2D eigenvalue weighted by molar-refractivity contribution is 0.000197. The van der Waals surface area contributed by atoms with Gasteiger partial charge in [0.25, 0.3) is 0 Å². The van der Waals surface area contributed by atoms with Gasteiger partial charge in [-0.2, -0.15) is 0 Å². The van der Waals surface area contributed by atoms with Gasteiger partial charge in [-0.05, 0) is 26.7 Å². The summed E-state index contributed by atoms with van der Waals surface area (Å²) >= 11 is 0. The summed E-state index contributed by atoms with van der Waals surface area (Å²) in [5, 5.41) is 3.56. The Hall–Kier alpha value is -0.380. The Morgan fingerprint density at radius 1 is 1.62 bits per heavy atom. The Labute approximate surface area is 99.8 Å². The number of nitrogens with zero attached hydrogens (tertiary/aromatic N) is 1. The van der Waals surface area contributed by atoms with Crippen molar-refractivity contribution in [1.29, 1.82) is 0 Å². The molecule has 0 saturated carbocycles. The predicted molar refractivity (Wildman–Crippen MR) is 68.7 cm³/mol. The molecule has 0 amide bonds. The van der Waals surface area contributed by atoms with Gasteiger partial charge in [0.1, 0.15) is 0 Å². The Kier molecular flexibility index (Phi) is 6.69. The first-order valence-electron chi connectivity index (χ1n) is 6.40. The lowest BCUT2D eigenvalue weighted by Crippen LogP contribution is -2.47. The number of allylic oxidation sites excluding steroid dienone is 1. The predicted octanol–water partition coefficient (Wildman–Crippen LogP) is 1.65. The van der Waals surface area contributed by atoms with Crippen LogP contribution in [0.2, 0.25) is 0 Å². The molecular weight excluding hydrogens is 200 g/mol. The van der Waals surface area contributed by atoms with Crippen LogP contribution in [0.5, 0.6) is 0 Å². The van der Waals surface area contributed by atoms with Crippen molar-refractivity contribution in [3.63, 3.8) is 0 Å². The zero-order valence-electron chi connectivity index (χ0n) is 10.7. The van der Waals surface area contributed by atoms with Crippen molar-refractivity contribution in [3.8, 4) is 0 Å². The van der Waals surface area contributed by atoms with Crippen LogP contribution in [0.25, 0.3) is 0 Å². The topological polar surface area (TPSA) is 24.5 Å². The Bertz CT molecular complexity index is 196. The molecule has 2 unspecified atom stereocenters. The highest BCUT2D eigenvalue weighted by molar-refractivity contribution is 4.74. The lowest BCUT2D eigenvalue weighted by atomic mass is 10.2. The van der Waals surface area contributed by atoms with E-state index in [-0.39, 0.29) is 0 Å². The van der Waals surface area contributed by atoms with E-state index in [9.17, 15) is 0 Å². The summed E-state index contributed by atoms with van der Waals surface area (Å²) in [5.74, 6) is 0. The first-order chi connectivity index (χ1) is 7.74. The second-order valence-corrected chi connectivity index (χ2v) is 4.68. The second-order valence-electron chi connectivity index (χ2n) is 4.68. The molecule has 1 saturated heterocycles. The van der Waals surface area contributed by atoms with Crippen molar-refractivity contribution in [1.82, 2.24) is 10.2 Å². The zero-order chi connectivity index (χ0) is 11.8. The van der Waals surface area contributed by atoms with Crippen molar-refractivity contribution in [2.75, 3.05) is 32.8 Å². The molecule has 0 bridgehead atoms. The standard InChI is InChI=1S/C13H26N2O/c1-4-5-6-12(2)14-7-8-15-9-10-16-11-13(15)3/h4,12-14H,1,5-11H2,2-3H3. The van der Waals surface area contributed by atoms with Crippen LogP contribution in [0.1, 0.15) is 26.7 Å². The Morgan fingerprint density at radius 2 is 2.44 bits per heavy atom. The highest BCUT2D eigenvalue weighted by Crippen LogP contribution is 2.04. The third-order valence-corrected chi connectivity index (χ3v) is 3.20.